The van der Waals surface area contributed by atoms with Gasteiger partial charge >= 0.3 is 5.97 Å². The summed E-state index contributed by atoms with van der Waals surface area (Å²) < 4.78 is 44.1. The lowest BCUT2D eigenvalue weighted by Gasteiger charge is -2.06. The van der Waals surface area contributed by atoms with Gasteiger partial charge < -0.3 is 4.74 Å². The Kier molecular flexibility index (Phi) is 5.79. The van der Waals surface area contributed by atoms with E-state index < -0.39 is 23.4 Å². The van der Waals surface area contributed by atoms with Gasteiger partial charge in [0.05, 0.1) is 12.2 Å². The van der Waals surface area contributed by atoms with Crippen molar-refractivity contribution in [2.45, 2.75) is 26.2 Å². The van der Waals surface area contributed by atoms with Gasteiger partial charge in [-0.1, -0.05) is 17.7 Å². The van der Waals surface area contributed by atoms with Crippen LogP contribution < -0.4 is 0 Å². The lowest BCUT2D eigenvalue weighted by atomic mass is 10.1. The average molecular weight is 322 g/mol. The van der Waals surface area contributed by atoms with Gasteiger partial charge in [-0.15, -0.1) is 0 Å². The summed E-state index contributed by atoms with van der Waals surface area (Å²) in [6.07, 6.45) is 1.51. The Morgan fingerprint density at radius 3 is 2.22 bits per heavy atom. The molecule has 0 fully saturated rings. The van der Waals surface area contributed by atoms with E-state index >= 15 is 0 Å². The minimum Gasteiger partial charge on any atom is -0.462 e. The Morgan fingerprint density at radius 2 is 1.61 bits per heavy atom. The molecule has 0 aliphatic carbocycles. The van der Waals surface area contributed by atoms with E-state index in [1.54, 1.807) is 12.1 Å². The number of ether oxygens (including phenoxy) is 1. The number of unbranched alkanes of at least 4 members (excludes halogenated alkanes) is 1. The highest BCUT2D eigenvalue weighted by molar-refractivity contribution is 5.89. The Bertz CT molecular complexity index is 658. The van der Waals surface area contributed by atoms with Crippen LogP contribution in [0.3, 0.4) is 0 Å². The third kappa shape index (κ3) is 4.84. The Balaban J connectivity index is 1.73. The topological polar surface area (TPSA) is 26.3 Å². The molecule has 0 saturated heterocycles. The largest absolute Gasteiger partial charge is 0.462 e. The van der Waals surface area contributed by atoms with Gasteiger partial charge in [0, 0.05) is 0 Å². The van der Waals surface area contributed by atoms with Crippen molar-refractivity contribution in [2.75, 3.05) is 6.61 Å². The Hall–Kier alpha value is -2.30. The average Bonchev–Trinajstić information content (AvgIpc) is 2.52. The number of esters is 1. The summed E-state index contributed by atoms with van der Waals surface area (Å²) in [5, 5.41) is 0. The van der Waals surface area contributed by atoms with Gasteiger partial charge in [-0.2, -0.15) is 0 Å². The fourth-order valence-electron chi connectivity index (χ4n) is 2.12. The van der Waals surface area contributed by atoms with Gasteiger partial charge in [-0.3, -0.25) is 0 Å². The predicted octanol–water partition coefficient (Wildman–Crippen LogP) is 4.59. The molecule has 0 aliphatic heterocycles. The van der Waals surface area contributed by atoms with E-state index in [-0.39, 0.29) is 6.61 Å². The lowest BCUT2D eigenvalue weighted by Crippen LogP contribution is -2.06. The van der Waals surface area contributed by atoms with Crippen molar-refractivity contribution in [3.05, 3.63) is 70.5 Å². The number of hydrogen-bond acceptors (Lipinski definition) is 2. The van der Waals surface area contributed by atoms with Crippen LogP contribution in [0, 0.1) is 24.4 Å². The zero-order valence-electron chi connectivity index (χ0n) is 12.7. The first kappa shape index (κ1) is 17.1. The van der Waals surface area contributed by atoms with E-state index in [1.165, 1.54) is 0 Å². The zero-order chi connectivity index (χ0) is 16.8. The molecule has 122 valence electrons. The highest BCUT2D eigenvalue weighted by Crippen LogP contribution is 2.15. The number of rotatable bonds is 6. The van der Waals surface area contributed by atoms with E-state index in [0.717, 1.165) is 17.7 Å². The van der Waals surface area contributed by atoms with Crippen molar-refractivity contribution >= 4 is 5.97 Å². The molecular weight excluding hydrogens is 305 g/mol. The van der Waals surface area contributed by atoms with Gasteiger partial charge in [-0.25, -0.2) is 18.0 Å². The van der Waals surface area contributed by atoms with Crippen LogP contribution in [0.15, 0.2) is 36.4 Å². The maximum Gasteiger partial charge on any atom is 0.338 e. The zero-order valence-corrected chi connectivity index (χ0v) is 12.7. The van der Waals surface area contributed by atoms with Crippen LogP contribution in [0.2, 0.25) is 0 Å². The van der Waals surface area contributed by atoms with Crippen LogP contribution in [0.25, 0.3) is 0 Å². The Labute approximate surface area is 132 Å². The molecule has 23 heavy (non-hydrogen) atoms. The number of benzene rings is 2. The molecule has 0 aliphatic rings. The molecule has 0 heterocycles. The first-order chi connectivity index (χ1) is 11.0. The quantitative estimate of drug-likeness (QED) is 0.442. The highest BCUT2D eigenvalue weighted by Gasteiger charge is 2.10. The minimum atomic E-state index is -1.46. The molecule has 2 aromatic carbocycles. The summed E-state index contributed by atoms with van der Waals surface area (Å²) in [6, 6.07) is 9.01. The fraction of sp³-hybridized carbons (Fsp3) is 0.278. The molecule has 2 aromatic rings. The van der Waals surface area contributed by atoms with E-state index in [4.69, 9.17) is 4.74 Å². The minimum absolute atomic E-state index is 0.221. The van der Waals surface area contributed by atoms with Crippen molar-refractivity contribution < 1.29 is 22.7 Å². The molecule has 0 saturated carbocycles. The molecule has 0 aromatic heterocycles. The molecule has 5 heteroatoms. The van der Waals surface area contributed by atoms with Crippen LogP contribution in [-0.2, 0) is 11.2 Å². The van der Waals surface area contributed by atoms with Crippen LogP contribution in [0.5, 0.6) is 0 Å². The maximum atomic E-state index is 13.1. The molecule has 0 spiro atoms. The molecule has 2 nitrogen and oxygen atoms in total. The summed E-state index contributed by atoms with van der Waals surface area (Å²) in [4.78, 5) is 11.8. The second kappa shape index (κ2) is 7.81. The molecule has 2 rings (SSSR count). The Morgan fingerprint density at radius 1 is 1.00 bits per heavy atom. The van der Waals surface area contributed by atoms with Crippen LogP contribution >= 0.6 is 0 Å². The van der Waals surface area contributed by atoms with Gasteiger partial charge in [0.15, 0.2) is 17.5 Å². The molecule has 0 unspecified atom stereocenters. The molecular formula is C18H17F3O2. The number of carbonyl (C=O) groups excluding carboxylic acids is 1. The van der Waals surface area contributed by atoms with Gasteiger partial charge in [0.25, 0.3) is 0 Å². The van der Waals surface area contributed by atoms with Gasteiger partial charge in [0.1, 0.15) is 0 Å². The SMILES string of the molecule is Cc1ccc(C(=O)OCCCCc2cc(F)c(F)c(F)c2)cc1. The molecule has 0 N–H and O–H groups in total. The number of carbonyl (C=O) groups is 1. The first-order valence-corrected chi connectivity index (χ1v) is 7.34. The maximum absolute atomic E-state index is 13.1. The number of halogens is 3. The lowest BCUT2D eigenvalue weighted by molar-refractivity contribution is 0.0498. The third-order valence-corrected chi connectivity index (χ3v) is 3.42. The smallest absolute Gasteiger partial charge is 0.338 e. The fourth-order valence-corrected chi connectivity index (χ4v) is 2.12. The second-order valence-corrected chi connectivity index (χ2v) is 5.33. The van der Waals surface area contributed by atoms with Crippen LogP contribution in [0.1, 0.15) is 34.3 Å². The van der Waals surface area contributed by atoms with E-state index in [0.29, 0.717) is 30.4 Å². The summed E-state index contributed by atoms with van der Waals surface area (Å²) >= 11 is 0. The van der Waals surface area contributed by atoms with Gasteiger partial charge in [-0.05, 0) is 56.0 Å². The third-order valence-electron chi connectivity index (χ3n) is 3.42. The van der Waals surface area contributed by atoms with E-state index in [9.17, 15) is 18.0 Å². The van der Waals surface area contributed by atoms with Gasteiger partial charge in [0.2, 0.25) is 0 Å². The van der Waals surface area contributed by atoms with Crippen LogP contribution in [0.4, 0.5) is 13.2 Å². The first-order valence-electron chi connectivity index (χ1n) is 7.34. The van der Waals surface area contributed by atoms with Crippen molar-refractivity contribution in [1.82, 2.24) is 0 Å². The second-order valence-electron chi connectivity index (χ2n) is 5.33. The van der Waals surface area contributed by atoms with Crippen molar-refractivity contribution in [3.63, 3.8) is 0 Å². The standard InChI is InChI=1S/C18H17F3O2/c1-12-5-7-14(8-6-12)18(22)23-9-3-2-4-13-10-15(19)17(21)16(20)11-13/h5-8,10-11H,2-4,9H2,1H3. The monoisotopic (exact) mass is 322 g/mol. The van der Waals surface area contributed by atoms with E-state index in [1.807, 2.05) is 19.1 Å². The number of hydrogen-bond donors (Lipinski definition) is 0. The van der Waals surface area contributed by atoms with Crippen molar-refractivity contribution in [2.24, 2.45) is 0 Å². The van der Waals surface area contributed by atoms with Crippen molar-refractivity contribution in [3.8, 4) is 0 Å². The molecule has 0 amide bonds. The summed E-state index contributed by atoms with van der Waals surface area (Å²) in [5.41, 5.74) is 1.92. The van der Waals surface area contributed by atoms with E-state index in [2.05, 4.69) is 0 Å². The van der Waals surface area contributed by atoms with Crippen molar-refractivity contribution in [1.29, 1.82) is 0 Å². The normalized spacial score (nSPS) is 10.6. The molecule has 0 radical (unpaired) electrons. The highest BCUT2D eigenvalue weighted by atomic mass is 19.2. The summed E-state index contributed by atoms with van der Waals surface area (Å²) in [7, 11) is 0. The summed E-state index contributed by atoms with van der Waals surface area (Å²) in [6.45, 7) is 2.15. The molecule has 0 bridgehead atoms. The molecule has 0 atom stereocenters. The predicted molar refractivity (Wildman–Crippen MR) is 80.7 cm³/mol. The summed E-state index contributed by atoms with van der Waals surface area (Å²) in [5.74, 6) is -4.23. The number of aryl methyl sites for hydroxylation is 2. The van der Waals surface area contributed by atoms with Crippen LogP contribution in [-0.4, -0.2) is 12.6 Å².